The number of likely N-dealkylation sites (tertiary alicyclic amines) is 1. The molecular weight excluding hydrogens is 298 g/mol. The fourth-order valence-electron chi connectivity index (χ4n) is 2.21. The summed E-state index contributed by atoms with van der Waals surface area (Å²) in [6.07, 6.45) is 5.75. The standard InChI is InChI=1S/C13H19NOS.BrH/c15-13(12-6-10-16-11-12)5-4-9-14-7-2-1-3-8-14;/h6,10-11H,1-5,7-9H2;1H. The lowest BCUT2D eigenvalue weighted by molar-refractivity contribution is 0.0973. The van der Waals surface area contributed by atoms with Gasteiger partial charge < -0.3 is 4.90 Å². The van der Waals surface area contributed by atoms with Crippen LogP contribution in [0.2, 0.25) is 0 Å². The maximum absolute atomic E-state index is 11.7. The van der Waals surface area contributed by atoms with Crippen LogP contribution in [0.1, 0.15) is 42.5 Å². The van der Waals surface area contributed by atoms with Crippen molar-refractivity contribution in [3.05, 3.63) is 22.4 Å². The molecule has 1 saturated heterocycles. The molecule has 0 aliphatic carbocycles. The van der Waals surface area contributed by atoms with Crippen molar-refractivity contribution < 1.29 is 4.79 Å². The van der Waals surface area contributed by atoms with E-state index in [2.05, 4.69) is 4.90 Å². The Morgan fingerprint density at radius 1 is 1.29 bits per heavy atom. The lowest BCUT2D eigenvalue weighted by Gasteiger charge is -2.26. The smallest absolute Gasteiger partial charge is 0.163 e. The number of halogens is 1. The molecule has 0 N–H and O–H groups in total. The zero-order chi connectivity index (χ0) is 11.2. The van der Waals surface area contributed by atoms with E-state index in [4.69, 9.17) is 0 Å². The van der Waals surface area contributed by atoms with Crippen LogP contribution in [0.15, 0.2) is 16.8 Å². The highest BCUT2D eigenvalue weighted by Gasteiger charge is 2.11. The van der Waals surface area contributed by atoms with Crippen molar-refractivity contribution >= 4 is 34.1 Å². The molecule has 0 spiro atoms. The van der Waals surface area contributed by atoms with Crippen LogP contribution in [0.5, 0.6) is 0 Å². The van der Waals surface area contributed by atoms with Crippen molar-refractivity contribution in [1.82, 2.24) is 4.90 Å². The zero-order valence-corrected chi connectivity index (χ0v) is 12.6. The van der Waals surface area contributed by atoms with Crippen LogP contribution in [0.4, 0.5) is 0 Å². The average Bonchev–Trinajstić information content (AvgIpc) is 2.84. The van der Waals surface area contributed by atoms with Crippen molar-refractivity contribution in [1.29, 1.82) is 0 Å². The molecule has 1 aromatic rings. The van der Waals surface area contributed by atoms with Gasteiger partial charge in [0.1, 0.15) is 0 Å². The minimum absolute atomic E-state index is 0. The second-order valence-corrected chi connectivity index (χ2v) is 5.22. The summed E-state index contributed by atoms with van der Waals surface area (Å²) in [5.74, 6) is 0.304. The lowest BCUT2D eigenvalue weighted by atomic mass is 10.1. The van der Waals surface area contributed by atoms with E-state index in [0.29, 0.717) is 12.2 Å². The summed E-state index contributed by atoms with van der Waals surface area (Å²) in [6, 6.07) is 1.92. The molecule has 1 aliphatic rings. The number of carbonyl (C=O) groups excluding carboxylic acids is 1. The predicted molar refractivity (Wildman–Crippen MR) is 78.5 cm³/mol. The Bertz CT molecular complexity index is 320. The van der Waals surface area contributed by atoms with Crippen molar-refractivity contribution in [3.63, 3.8) is 0 Å². The number of piperidine rings is 1. The third-order valence-electron chi connectivity index (χ3n) is 3.17. The Kier molecular flexibility index (Phi) is 7.00. The number of hydrogen-bond donors (Lipinski definition) is 0. The van der Waals surface area contributed by atoms with Gasteiger partial charge in [0.2, 0.25) is 0 Å². The summed E-state index contributed by atoms with van der Waals surface area (Å²) in [4.78, 5) is 14.2. The van der Waals surface area contributed by atoms with Crippen LogP contribution in [0.25, 0.3) is 0 Å². The van der Waals surface area contributed by atoms with Crippen LogP contribution >= 0.6 is 28.3 Å². The molecule has 96 valence electrons. The summed E-state index contributed by atoms with van der Waals surface area (Å²) in [6.45, 7) is 3.55. The van der Waals surface area contributed by atoms with Gasteiger partial charge >= 0.3 is 0 Å². The molecule has 1 aliphatic heterocycles. The molecule has 0 radical (unpaired) electrons. The Morgan fingerprint density at radius 2 is 2.06 bits per heavy atom. The summed E-state index contributed by atoms with van der Waals surface area (Å²) in [5.41, 5.74) is 0.892. The molecule has 2 nitrogen and oxygen atoms in total. The molecule has 4 heteroatoms. The Morgan fingerprint density at radius 3 is 2.71 bits per heavy atom. The van der Waals surface area contributed by atoms with Crippen LogP contribution in [-0.2, 0) is 0 Å². The minimum atomic E-state index is 0. The van der Waals surface area contributed by atoms with Gasteiger partial charge in [0.15, 0.2) is 5.78 Å². The van der Waals surface area contributed by atoms with E-state index < -0.39 is 0 Å². The van der Waals surface area contributed by atoms with Crippen LogP contribution in [-0.4, -0.2) is 30.3 Å². The van der Waals surface area contributed by atoms with E-state index in [-0.39, 0.29) is 17.0 Å². The predicted octanol–water partition coefficient (Wildman–Crippen LogP) is 3.77. The van der Waals surface area contributed by atoms with E-state index in [1.807, 2.05) is 16.8 Å². The molecule has 0 bridgehead atoms. The largest absolute Gasteiger partial charge is 0.303 e. The molecule has 0 aromatic carbocycles. The highest BCUT2D eigenvalue weighted by Crippen LogP contribution is 2.12. The molecule has 1 fully saturated rings. The number of nitrogens with zero attached hydrogens (tertiary/aromatic N) is 1. The third-order valence-corrected chi connectivity index (χ3v) is 3.85. The van der Waals surface area contributed by atoms with E-state index in [1.165, 1.54) is 32.4 Å². The van der Waals surface area contributed by atoms with Gasteiger partial charge in [-0.2, -0.15) is 11.3 Å². The second-order valence-electron chi connectivity index (χ2n) is 4.44. The van der Waals surface area contributed by atoms with Crippen molar-refractivity contribution in [2.45, 2.75) is 32.1 Å². The van der Waals surface area contributed by atoms with E-state index in [1.54, 1.807) is 11.3 Å². The first-order valence-electron chi connectivity index (χ1n) is 6.14. The maximum Gasteiger partial charge on any atom is 0.163 e. The highest BCUT2D eigenvalue weighted by molar-refractivity contribution is 8.93. The number of Topliss-reactive ketones (excluding diaryl/α,β-unsaturated/α-hetero) is 1. The first kappa shape index (κ1) is 14.9. The van der Waals surface area contributed by atoms with E-state index >= 15 is 0 Å². The maximum atomic E-state index is 11.7. The fourth-order valence-corrected chi connectivity index (χ4v) is 2.87. The molecule has 0 unspecified atom stereocenters. The average molecular weight is 318 g/mol. The number of rotatable bonds is 5. The van der Waals surface area contributed by atoms with Gasteiger partial charge in [-0.05, 0) is 50.3 Å². The highest BCUT2D eigenvalue weighted by atomic mass is 79.9. The molecule has 17 heavy (non-hydrogen) atoms. The monoisotopic (exact) mass is 317 g/mol. The normalized spacial score (nSPS) is 16.5. The second kappa shape index (κ2) is 8.01. The SMILES string of the molecule is Br.O=C(CCCN1CCCCC1)c1ccsc1. The van der Waals surface area contributed by atoms with Gasteiger partial charge in [0, 0.05) is 17.4 Å². The van der Waals surface area contributed by atoms with Crippen molar-refractivity contribution in [2.75, 3.05) is 19.6 Å². The van der Waals surface area contributed by atoms with Gasteiger partial charge in [-0.3, -0.25) is 4.79 Å². The van der Waals surface area contributed by atoms with Crippen molar-refractivity contribution in [2.24, 2.45) is 0 Å². The Hall–Kier alpha value is -0.190. The summed E-state index contributed by atoms with van der Waals surface area (Å²) < 4.78 is 0. The van der Waals surface area contributed by atoms with Gasteiger partial charge in [-0.25, -0.2) is 0 Å². The summed E-state index contributed by atoms with van der Waals surface area (Å²) >= 11 is 1.60. The number of ketones is 1. The Balaban J connectivity index is 0.00000144. The summed E-state index contributed by atoms with van der Waals surface area (Å²) in [7, 11) is 0. The fraction of sp³-hybridized carbons (Fsp3) is 0.615. The Labute approximate surface area is 118 Å². The third kappa shape index (κ3) is 4.90. The van der Waals surface area contributed by atoms with E-state index in [0.717, 1.165) is 18.5 Å². The topological polar surface area (TPSA) is 20.3 Å². The quantitative estimate of drug-likeness (QED) is 0.770. The summed E-state index contributed by atoms with van der Waals surface area (Å²) in [5, 5.41) is 3.92. The molecule has 0 saturated carbocycles. The first-order chi connectivity index (χ1) is 7.86. The number of carbonyl (C=O) groups is 1. The molecule has 2 heterocycles. The molecule has 2 rings (SSSR count). The van der Waals surface area contributed by atoms with Gasteiger partial charge in [-0.1, -0.05) is 6.42 Å². The zero-order valence-electron chi connectivity index (χ0n) is 10.1. The van der Waals surface area contributed by atoms with Crippen LogP contribution in [0.3, 0.4) is 0 Å². The molecule has 1 aromatic heterocycles. The first-order valence-corrected chi connectivity index (χ1v) is 7.08. The molecule has 0 atom stereocenters. The van der Waals surface area contributed by atoms with Crippen LogP contribution in [0, 0.1) is 0 Å². The van der Waals surface area contributed by atoms with Gasteiger partial charge in [0.25, 0.3) is 0 Å². The number of hydrogen-bond acceptors (Lipinski definition) is 3. The minimum Gasteiger partial charge on any atom is -0.303 e. The lowest BCUT2D eigenvalue weighted by Crippen LogP contribution is -2.30. The van der Waals surface area contributed by atoms with E-state index in [9.17, 15) is 4.79 Å². The molecular formula is C13H20BrNOS. The van der Waals surface area contributed by atoms with Gasteiger partial charge in [-0.15, -0.1) is 17.0 Å². The van der Waals surface area contributed by atoms with Crippen molar-refractivity contribution in [3.8, 4) is 0 Å². The van der Waals surface area contributed by atoms with Gasteiger partial charge in [0.05, 0.1) is 0 Å². The van der Waals surface area contributed by atoms with Crippen LogP contribution < -0.4 is 0 Å². The number of thiophene rings is 1. The molecule has 0 amide bonds.